The zero-order valence-electron chi connectivity index (χ0n) is 19.3. The molecule has 0 bridgehead atoms. The van der Waals surface area contributed by atoms with Crippen LogP contribution in [0.4, 0.5) is 15.8 Å². The number of anilines is 2. The monoisotopic (exact) mass is 461 g/mol. The van der Waals surface area contributed by atoms with Gasteiger partial charge in [0, 0.05) is 59.0 Å². The first kappa shape index (κ1) is 22.2. The first-order valence-corrected chi connectivity index (χ1v) is 11.6. The second-order valence-corrected chi connectivity index (χ2v) is 8.84. The number of benzene rings is 2. The Balaban J connectivity index is 1.40. The lowest BCUT2D eigenvalue weighted by atomic mass is 9.93. The third-order valence-corrected chi connectivity index (χ3v) is 6.14. The SMILES string of the molecule is CC1C=C(C(=O)Nc2cccc(OC3CCNCC3)c2)c2cc(-c3cnn(C)c3)c(F)cc2N1. The Kier molecular flexibility index (Phi) is 6.06. The molecule has 8 heteroatoms. The quantitative estimate of drug-likeness (QED) is 0.531. The van der Waals surface area contributed by atoms with E-state index in [4.69, 9.17) is 4.74 Å². The number of amides is 1. The minimum atomic E-state index is -0.365. The van der Waals surface area contributed by atoms with Crippen LogP contribution in [-0.4, -0.2) is 40.9 Å². The van der Waals surface area contributed by atoms with Crippen molar-refractivity contribution in [3.63, 3.8) is 0 Å². The van der Waals surface area contributed by atoms with Crippen molar-refractivity contribution in [2.24, 2.45) is 7.05 Å². The summed E-state index contributed by atoms with van der Waals surface area (Å²) >= 11 is 0. The normalized spacial score (nSPS) is 18.0. The van der Waals surface area contributed by atoms with E-state index in [1.807, 2.05) is 37.3 Å². The molecule has 7 nitrogen and oxygen atoms in total. The van der Waals surface area contributed by atoms with E-state index in [1.54, 1.807) is 30.2 Å². The van der Waals surface area contributed by atoms with Gasteiger partial charge in [-0.3, -0.25) is 9.48 Å². The Labute approximate surface area is 198 Å². The van der Waals surface area contributed by atoms with Crippen LogP contribution in [0.1, 0.15) is 25.3 Å². The molecule has 2 aliphatic heterocycles. The van der Waals surface area contributed by atoms with Crippen LogP contribution in [0.5, 0.6) is 5.75 Å². The number of hydrogen-bond donors (Lipinski definition) is 3. The molecule has 0 aliphatic carbocycles. The van der Waals surface area contributed by atoms with Gasteiger partial charge in [-0.2, -0.15) is 5.10 Å². The van der Waals surface area contributed by atoms with E-state index in [0.717, 1.165) is 31.7 Å². The number of nitrogens with one attached hydrogen (secondary N) is 3. The Morgan fingerprint density at radius 3 is 2.79 bits per heavy atom. The maximum absolute atomic E-state index is 14.9. The van der Waals surface area contributed by atoms with E-state index in [0.29, 0.717) is 33.6 Å². The molecule has 3 N–H and O–H groups in total. The first-order valence-electron chi connectivity index (χ1n) is 11.6. The fraction of sp³-hybridized carbons (Fsp3) is 0.308. The maximum Gasteiger partial charge on any atom is 0.256 e. The second kappa shape index (κ2) is 9.30. The molecule has 1 amide bonds. The molecule has 5 rings (SSSR count). The average Bonchev–Trinajstić information content (AvgIpc) is 3.25. The molecule has 3 heterocycles. The van der Waals surface area contributed by atoms with E-state index >= 15 is 0 Å². The number of piperidine rings is 1. The molecule has 176 valence electrons. The van der Waals surface area contributed by atoms with Gasteiger partial charge in [-0.15, -0.1) is 0 Å². The zero-order chi connectivity index (χ0) is 23.7. The molecule has 0 saturated carbocycles. The summed E-state index contributed by atoms with van der Waals surface area (Å²) in [7, 11) is 1.78. The number of hydrogen-bond acceptors (Lipinski definition) is 5. The zero-order valence-corrected chi connectivity index (χ0v) is 19.3. The fourth-order valence-corrected chi connectivity index (χ4v) is 4.47. The highest BCUT2D eigenvalue weighted by Crippen LogP contribution is 2.36. The standard InChI is InChI=1S/C26H28FN5O2/c1-16-10-23(22-12-21(17-14-29-32(2)15-17)24(27)13-25(22)30-16)26(33)31-18-4-3-5-20(11-18)34-19-6-8-28-9-7-19/h3-5,10-16,19,28,30H,6-9H2,1-2H3,(H,31,33). The fourth-order valence-electron chi connectivity index (χ4n) is 4.47. The van der Waals surface area contributed by atoms with Gasteiger partial charge in [0.05, 0.1) is 6.20 Å². The number of carbonyl (C=O) groups excluding carboxylic acids is 1. The molecule has 0 spiro atoms. The number of aromatic nitrogens is 2. The van der Waals surface area contributed by atoms with E-state index < -0.39 is 0 Å². The molecule has 1 aromatic heterocycles. The predicted molar refractivity (Wildman–Crippen MR) is 131 cm³/mol. The van der Waals surface area contributed by atoms with Gasteiger partial charge in [0.1, 0.15) is 17.7 Å². The maximum atomic E-state index is 14.9. The molecule has 1 saturated heterocycles. The van der Waals surface area contributed by atoms with Crippen LogP contribution in [0.2, 0.25) is 0 Å². The number of halogens is 1. The van der Waals surface area contributed by atoms with Crippen molar-refractivity contribution in [2.75, 3.05) is 23.7 Å². The lowest BCUT2D eigenvalue weighted by Crippen LogP contribution is -2.34. The lowest BCUT2D eigenvalue weighted by Gasteiger charge is -2.25. The largest absolute Gasteiger partial charge is 0.490 e. The number of fused-ring (bicyclic) bond motifs is 1. The van der Waals surface area contributed by atoms with Crippen molar-refractivity contribution in [1.82, 2.24) is 15.1 Å². The average molecular weight is 462 g/mol. The van der Waals surface area contributed by atoms with Crippen LogP contribution in [0.15, 0.2) is 54.9 Å². The summed E-state index contributed by atoms with van der Waals surface area (Å²) < 4.78 is 22.6. The van der Waals surface area contributed by atoms with Gasteiger partial charge in [0.25, 0.3) is 5.91 Å². The molecule has 2 aromatic carbocycles. The second-order valence-electron chi connectivity index (χ2n) is 8.84. The van der Waals surface area contributed by atoms with Crippen molar-refractivity contribution < 1.29 is 13.9 Å². The molecule has 34 heavy (non-hydrogen) atoms. The number of ether oxygens (including phenoxy) is 1. The third kappa shape index (κ3) is 4.68. The molecule has 3 aromatic rings. The summed E-state index contributed by atoms with van der Waals surface area (Å²) in [4.78, 5) is 13.3. The van der Waals surface area contributed by atoms with Crippen LogP contribution in [0.25, 0.3) is 16.7 Å². The summed E-state index contributed by atoms with van der Waals surface area (Å²) in [5.41, 5.74) is 3.45. The van der Waals surface area contributed by atoms with Crippen molar-refractivity contribution in [1.29, 1.82) is 0 Å². The smallest absolute Gasteiger partial charge is 0.256 e. The molecular formula is C26H28FN5O2. The number of rotatable bonds is 5. The van der Waals surface area contributed by atoms with Gasteiger partial charge in [-0.05, 0) is 63.2 Å². The Morgan fingerprint density at radius 2 is 2.03 bits per heavy atom. The number of carbonyl (C=O) groups is 1. The topological polar surface area (TPSA) is 80.2 Å². The molecular weight excluding hydrogens is 433 g/mol. The summed E-state index contributed by atoms with van der Waals surface area (Å²) in [6.45, 7) is 3.82. The van der Waals surface area contributed by atoms with Crippen LogP contribution >= 0.6 is 0 Å². The van der Waals surface area contributed by atoms with E-state index in [1.165, 1.54) is 6.07 Å². The molecule has 1 fully saturated rings. The molecule has 1 atom stereocenters. The summed E-state index contributed by atoms with van der Waals surface area (Å²) in [6, 6.07) is 10.5. The Hall–Kier alpha value is -3.65. The van der Waals surface area contributed by atoms with Gasteiger partial charge in [0.2, 0.25) is 0 Å². The highest BCUT2D eigenvalue weighted by atomic mass is 19.1. The Morgan fingerprint density at radius 1 is 1.21 bits per heavy atom. The minimum Gasteiger partial charge on any atom is -0.490 e. The van der Waals surface area contributed by atoms with Gasteiger partial charge in [0.15, 0.2) is 0 Å². The highest BCUT2D eigenvalue weighted by Gasteiger charge is 2.25. The Bertz CT molecular complexity index is 1250. The van der Waals surface area contributed by atoms with E-state index in [-0.39, 0.29) is 23.9 Å². The van der Waals surface area contributed by atoms with Crippen LogP contribution in [-0.2, 0) is 11.8 Å². The van der Waals surface area contributed by atoms with Crippen LogP contribution in [0.3, 0.4) is 0 Å². The third-order valence-electron chi connectivity index (χ3n) is 6.14. The summed E-state index contributed by atoms with van der Waals surface area (Å²) in [5, 5.41) is 13.7. The number of nitrogens with zero attached hydrogens (tertiary/aromatic N) is 2. The highest BCUT2D eigenvalue weighted by molar-refractivity contribution is 6.27. The predicted octanol–water partition coefficient (Wildman–Crippen LogP) is 4.19. The van der Waals surface area contributed by atoms with Crippen LogP contribution < -0.4 is 20.7 Å². The van der Waals surface area contributed by atoms with E-state index in [2.05, 4.69) is 21.0 Å². The number of aryl methyl sites for hydroxylation is 1. The molecule has 2 aliphatic rings. The van der Waals surface area contributed by atoms with Crippen molar-refractivity contribution in [3.8, 4) is 16.9 Å². The van der Waals surface area contributed by atoms with Crippen molar-refractivity contribution >= 4 is 22.9 Å². The van der Waals surface area contributed by atoms with E-state index in [9.17, 15) is 9.18 Å². The summed E-state index contributed by atoms with van der Waals surface area (Å²) in [5.74, 6) is 0.118. The molecule has 0 radical (unpaired) electrons. The van der Waals surface area contributed by atoms with Crippen molar-refractivity contribution in [2.45, 2.75) is 31.9 Å². The minimum absolute atomic E-state index is 0.119. The first-order chi connectivity index (χ1) is 16.5. The lowest BCUT2D eigenvalue weighted by molar-refractivity contribution is -0.111. The summed E-state index contributed by atoms with van der Waals surface area (Å²) in [6.07, 6.45) is 7.31. The van der Waals surface area contributed by atoms with Gasteiger partial charge >= 0.3 is 0 Å². The van der Waals surface area contributed by atoms with Crippen molar-refractivity contribution in [3.05, 3.63) is 66.2 Å². The van der Waals surface area contributed by atoms with Crippen LogP contribution in [0, 0.1) is 5.82 Å². The van der Waals surface area contributed by atoms with Gasteiger partial charge in [-0.1, -0.05) is 6.07 Å². The van der Waals surface area contributed by atoms with Gasteiger partial charge < -0.3 is 20.7 Å². The van der Waals surface area contributed by atoms with Gasteiger partial charge in [-0.25, -0.2) is 4.39 Å². The molecule has 1 unspecified atom stereocenters.